The van der Waals surface area contributed by atoms with Crippen LogP contribution in [0.4, 0.5) is 0 Å². The fraction of sp³-hybridized carbons (Fsp3) is 0.571. The van der Waals surface area contributed by atoms with E-state index in [9.17, 15) is 0 Å². The van der Waals surface area contributed by atoms with Crippen molar-refractivity contribution in [2.75, 3.05) is 0 Å². The van der Waals surface area contributed by atoms with Gasteiger partial charge in [-0.3, -0.25) is 0 Å². The number of hydrogen-bond donors (Lipinski definition) is 0. The zero-order chi connectivity index (χ0) is 22.8. The third-order valence-corrected chi connectivity index (χ3v) is 19.0. The predicted octanol–water partition coefficient (Wildman–Crippen LogP) is 8.60. The zero-order valence-corrected chi connectivity index (χ0v) is 23.5. The van der Waals surface area contributed by atoms with Crippen LogP contribution in [0.2, 0.25) is 36.3 Å². The van der Waals surface area contributed by atoms with Crippen LogP contribution in [0.15, 0.2) is 42.5 Å². The van der Waals surface area contributed by atoms with Gasteiger partial charge >= 0.3 is 0 Å². The molecule has 168 valence electrons. The van der Waals surface area contributed by atoms with E-state index in [1.54, 1.807) is 10.8 Å². The first-order valence-electron chi connectivity index (χ1n) is 12.4. The van der Waals surface area contributed by atoms with E-state index in [2.05, 4.69) is 105 Å². The fourth-order valence-corrected chi connectivity index (χ4v) is 12.2. The molecule has 0 radical (unpaired) electrons. The van der Waals surface area contributed by atoms with Crippen LogP contribution in [0.3, 0.4) is 0 Å². The van der Waals surface area contributed by atoms with Gasteiger partial charge in [-0.15, -0.1) is 0 Å². The van der Waals surface area contributed by atoms with Crippen LogP contribution in [-0.4, -0.2) is 16.1 Å². The van der Waals surface area contributed by atoms with Gasteiger partial charge < -0.3 is 0 Å². The van der Waals surface area contributed by atoms with Gasteiger partial charge in [-0.25, -0.2) is 0 Å². The zero-order valence-electron chi connectivity index (χ0n) is 21.5. The second-order valence-electron chi connectivity index (χ2n) is 9.44. The summed E-state index contributed by atoms with van der Waals surface area (Å²) in [7, 11) is -2.14. The summed E-state index contributed by atoms with van der Waals surface area (Å²) in [5, 5.41) is 1.67. The first-order valence-corrected chi connectivity index (χ1v) is 17.8. The molecule has 0 amide bonds. The normalized spacial score (nSPS) is 11.8. The second-order valence-corrected chi connectivity index (χ2v) is 20.2. The van der Waals surface area contributed by atoms with E-state index in [1.165, 1.54) is 59.0 Å². The van der Waals surface area contributed by atoms with Crippen molar-refractivity contribution in [3.8, 4) is 0 Å². The summed E-state index contributed by atoms with van der Waals surface area (Å²) in [6.07, 6.45) is 0. The summed E-state index contributed by atoms with van der Waals surface area (Å²) in [4.78, 5) is 0. The van der Waals surface area contributed by atoms with E-state index >= 15 is 0 Å². The molecular weight excluding hydrogens is 392 g/mol. The number of benzene rings is 2. The number of rotatable bonds is 9. The van der Waals surface area contributed by atoms with Gasteiger partial charge in [0.15, 0.2) is 0 Å². The van der Waals surface area contributed by atoms with E-state index < -0.39 is 16.1 Å². The quantitative estimate of drug-likeness (QED) is 0.342. The molecule has 2 rings (SSSR count). The highest BCUT2D eigenvalue weighted by Gasteiger charge is 2.29. The molecule has 0 bridgehead atoms. The highest BCUT2D eigenvalue weighted by atomic mass is 28.3. The number of hydrogen-bond acceptors (Lipinski definition) is 0. The molecule has 2 aromatic rings. The van der Waals surface area contributed by atoms with Crippen LogP contribution in [0.5, 0.6) is 0 Å². The molecule has 0 N–H and O–H groups in total. The molecule has 0 nitrogen and oxygen atoms in total. The third kappa shape index (κ3) is 7.23. The van der Waals surface area contributed by atoms with Gasteiger partial charge in [0.05, 0.1) is 16.1 Å². The average Bonchev–Trinajstić information content (AvgIpc) is 2.74. The maximum absolute atomic E-state index is 2.43. The van der Waals surface area contributed by atoms with Crippen LogP contribution in [0.1, 0.15) is 63.8 Å². The van der Waals surface area contributed by atoms with Gasteiger partial charge in [-0.2, -0.15) is 0 Å². The summed E-state index contributed by atoms with van der Waals surface area (Å²) < 4.78 is 0. The summed E-state index contributed by atoms with van der Waals surface area (Å²) in [5.41, 5.74) is 5.82. The van der Waals surface area contributed by atoms with Crippen molar-refractivity contribution in [3.63, 3.8) is 0 Å². The van der Waals surface area contributed by atoms with Crippen LogP contribution < -0.4 is 5.19 Å². The Morgan fingerprint density at radius 3 is 1.47 bits per heavy atom. The van der Waals surface area contributed by atoms with Crippen LogP contribution >= 0.6 is 0 Å². The van der Waals surface area contributed by atoms with Crippen molar-refractivity contribution in [1.82, 2.24) is 0 Å². The molecule has 0 aliphatic heterocycles. The SMILES string of the molecule is CC[Si](CC)(CC)Cc1cccc(C)c1.CC[Si](CC)(CC)c1cc(C)cc(C)c1. The van der Waals surface area contributed by atoms with Crippen molar-refractivity contribution in [3.05, 3.63) is 64.7 Å². The van der Waals surface area contributed by atoms with Crippen molar-refractivity contribution in [2.24, 2.45) is 0 Å². The Bertz CT molecular complexity index is 718. The standard InChI is InChI=1S/2C14H24Si/c1-6-15(7-2,8-3)14-10-12(4)9-13(5)11-14;1-5-15(6-2,7-3)12-14-10-8-9-13(4)11-14/h9-11H,6-8H2,1-5H3;8-11H,5-7,12H2,1-4H3. The maximum Gasteiger partial charge on any atom is 0.0859 e. The molecule has 0 aliphatic rings. The van der Waals surface area contributed by atoms with Crippen molar-refractivity contribution in [2.45, 2.75) is 105 Å². The Hall–Kier alpha value is -1.13. The average molecular weight is 441 g/mol. The largest absolute Gasteiger partial charge is 0.0859 e. The molecular formula is C28H48Si2. The molecule has 0 saturated heterocycles. The molecule has 0 saturated carbocycles. The molecule has 2 aromatic carbocycles. The van der Waals surface area contributed by atoms with Crippen molar-refractivity contribution >= 4 is 21.3 Å². The van der Waals surface area contributed by atoms with Crippen molar-refractivity contribution < 1.29 is 0 Å². The Kier molecular flexibility index (Phi) is 11.4. The topological polar surface area (TPSA) is 0 Å². The van der Waals surface area contributed by atoms with Gasteiger partial charge in [0, 0.05) is 0 Å². The lowest BCUT2D eigenvalue weighted by atomic mass is 10.2. The highest BCUT2D eigenvalue weighted by Crippen LogP contribution is 2.25. The van der Waals surface area contributed by atoms with Gasteiger partial charge in [0.25, 0.3) is 0 Å². The summed E-state index contributed by atoms with van der Waals surface area (Å²) >= 11 is 0. The summed E-state index contributed by atoms with van der Waals surface area (Å²) in [6.45, 7) is 20.9. The fourth-order valence-electron chi connectivity index (χ4n) is 5.02. The Morgan fingerprint density at radius 2 is 1.07 bits per heavy atom. The Balaban J connectivity index is 0.000000300. The predicted molar refractivity (Wildman–Crippen MR) is 145 cm³/mol. The molecule has 2 heteroatoms. The molecule has 0 fully saturated rings. The monoisotopic (exact) mass is 440 g/mol. The molecule has 0 aromatic heterocycles. The summed E-state index contributed by atoms with van der Waals surface area (Å²) in [6, 6.07) is 26.0. The third-order valence-electron chi connectivity index (χ3n) is 7.78. The molecule has 0 spiro atoms. The minimum absolute atomic E-state index is 0.981. The lowest BCUT2D eigenvalue weighted by Gasteiger charge is -2.29. The van der Waals surface area contributed by atoms with E-state index in [0.717, 1.165) is 0 Å². The van der Waals surface area contributed by atoms with Gasteiger partial charge in [0.1, 0.15) is 0 Å². The first kappa shape index (κ1) is 26.9. The van der Waals surface area contributed by atoms with Gasteiger partial charge in [0.2, 0.25) is 0 Å². The lowest BCUT2D eigenvalue weighted by molar-refractivity contribution is 1.10. The van der Waals surface area contributed by atoms with E-state index in [1.807, 2.05) is 0 Å². The smallest absolute Gasteiger partial charge is 0.0678 e. The summed E-state index contributed by atoms with van der Waals surface area (Å²) in [5.74, 6) is 0. The molecule has 30 heavy (non-hydrogen) atoms. The van der Waals surface area contributed by atoms with Crippen LogP contribution in [0.25, 0.3) is 0 Å². The highest BCUT2D eigenvalue weighted by molar-refractivity contribution is 6.91. The van der Waals surface area contributed by atoms with E-state index in [-0.39, 0.29) is 0 Å². The van der Waals surface area contributed by atoms with E-state index in [0.29, 0.717) is 0 Å². The Morgan fingerprint density at radius 1 is 0.567 bits per heavy atom. The van der Waals surface area contributed by atoms with Crippen molar-refractivity contribution in [1.29, 1.82) is 0 Å². The Labute approximate surface area is 190 Å². The first-order chi connectivity index (χ1) is 14.2. The molecule has 0 heterocycles. The molecule has 0 atom stereocenters. The molecule has 0 unspecified atom stereocenters. The maximum atomic E-state index is 2.43. The van der Waals surface area contributed by atoms with Crippen LogP contribution in [-0.2, 0) is 6.04 Å². The van der Waals surface area contributed by atoms with Crippen LogP contribution in [0, 0.1) is 20.8 Å². The van der Waals surface area contributed by atoms with Gasteiger partial charge in [-0.05, 0) is 26.8 Å². The molecule has 0 aliphatic carbocycles. The minimum atomic E-state index is -1.16. The van der Waals surface area contributed by atoms with Gasteiger partial charge in [-0.1, -0.05) is 148 Å². The number of aryl methyl sites for hydroxylation is 3. The van der Waals surface area contributed by atoms with E-state index in [4.69, 9.17) is 0 Å². The lowest BCUT2D eigenvalue weighted by Crippen LogP contribution is -2.45. The second kappa shape index (κ2) is 12.7. The minimum Gasteiger partial charge on any atom is -0.0678 e.